The molecule has 5 heteroatoms. The molecule has 1 unspecified atom stereocenters. The Bertz CT molecular complexity index is 459. The van der Waals surface area contributed by atoms with Gasteiger partial charge in [-0.3, -0.25) is 0 Å². The van der Waals surface area contributed by atoms with E-state index in [1.54, 1.807) is 0 Å². The molecule has 1 aliphatic carbocycles. The first-order valence-electron chi connectivity index (χ1n) is 8.67. The van der Waals surface area contributed by atoms with Gasteiger partial charge in [0.05, 0.1) is 5.75 Å². The quantitative estimate of drug-likeness (QED) is 0.501. The predicted molar refractivity (Wildman–Crippen MR) is 103 cm³/mol. The molecule has 0 heterocycles. The predicted octanol–water partition coefficient (Wildman–Crippen LogP) is 4.92. The van der Waals surface area contributed by atoms with Crippen LogP contribution in [0.5, 0.6) is 0 Å². The van der Waals surface area contributed by atoms with Crippen LogP contribution < -0.4 is 5.32 Å². The molecule has 1 saturated carbocycles. The average Bonchev–Trinajstić information content (AvgIpc) is 2.57. The van der Waals surface area contributed by atoms with Crippen LogP contribution in [0.2, 0.25) is 0 Å². The highest BCUT2D eigenvalue weighted by molar-refractivity contribution is 9.10. The third-order valence-electron chi connectivity index (χ3n) is 4.26. The molecular formula is C18H30BrNO2S. The van der Waals surface area contributed by atoms with Crippen LogP contribution in [-0.4, -0.2) is 26.6 Å². The molecule has 2 N–H and O–H groups in total. The van der Waals surface area contributed by atoms with Crippen LogP contribution in [0.15, 0.2) is 28.7 Å². The van der Waals surface area contributed by atoms with Crippen LogP contribution in [-0.2, 0) is 17.5 Å². The van der Waals surface area contributed by atoms with E-state index in [2.05, 4.69) is 45.5 Å². The fourth-order valence-corrected chi connectivity index (χ4v) is 3.84. The first-order chi connectivity index (χ1) is 11.1. The van der Waals surface area contributed by atoms with Crippen molar-refractivity contribution in [2.45, 2.75) is 64.3 Å². The number of halogens is 1. The summed E-state index contributed by atoms with van der Waals surface area (Å²) in [4.78, 5) is 0. The highest BCUT2D eigenvalue weighted by Gasteiger charge is 2.31. The van der Waals surface area contributed by atoms with Crippen molar-refractivity contribution in [3.8, 4) is 0 Å². The highest BCUT2D eigenvalue weighted by Crippen LogP contribution is 2.31. The van der Waals surface area contributed by atoms with Gasteiger partial charge in [-0.25, -0.2) is 4.21 Å². The largest absolute Gasteiger partial charge is 0.311 e. The molecule has 1 aliphatic rings. The van der Waals surface area contributed by atoms with Crippen LogP contribution in [0.4, 0.5) is 0 Å². The molecule has 132 valence electrons. The zero-order chi connectivity index (χ0) is 17.1. The third kappa shape index (κ3) is 7.92. The highest BCUT2D eigenvalue weighted by atomic mass is 79.9. The molecule has 0 radical (unpaired) electrons. The summed E-state index contributed by atoms with van der Waals surface area (Å²) in [6, 6.07) is 8.57. The molecular weight excluding hydrogens is 374 g/mol. The third-order valence-corrected chi connectivity index (χ3v) is 5.43. The van der Waals surface area contributed by atoms with E-state index in [0.717, 1.165) is 23.9 Å². The molecule has 0 spiro atoms. The minimum absolute atomic E-state index is 0.170. The number of hydrogen-bond acceptors (Lipinski definition) is 2. The number of rotatable bonds is 7. The van der Waals surface area contributed by atoms with Crippen LogP contribution >= 0.6 is 15.9 Å². The van der Waals surface area contributed by atoms with Crippen molar-refractivity contribution >= 4 is 27.0 Å². The Kier molecular flexibility index (Phi) is 10.3. The van der Waals surface area contributed by atoms with Crippen molar-refractivity contribution in [3.63, 3.8) is 0 Å². The van der Waals surface area contributed by atoms with Crippen molar-refractivity contribution in [1.29, 1.82) is 0 Å². The van der Waals surface area contributed by atoms with E-state index in [-0.39, 0.29) is 5.54 Å². The van der Waals surface area contributed by atoms with Crippen LogP contribution in [0.1, 0.15) is 57.9 Å². The lowest BCUT2D eigenvalue weighted by molar-refractivity contribution is 0.230. The van der Waals surface area contributed by atoms with Gasteiger partial charge in [-0.05, 0) is 49.9 Å². The second kappa shape index (κ2) is 11.3. The van der Waals surface area contributed by atoms with Gasteiger partial charge in [0.2, 0.25) is 0 Å². The molecule has 1 fully saturated rings. The minimum atomic E-state index is -1.67. The fourth-order valence-electron chi connectivity index (χ4n) is 3.19. The van der Waals surface area contributed by atoms with Crippen LogP contribution in [0.25, 0.3) is 0 Å². The van der Waals surface area contributed by atoms with E-state index in [4.69, 9.17) is 4.55 Å². The zero-order valence-electron chi connectivity index (χ0n) is 14.3. The Labute approximate surface area is 152 Å². The Hall–Kier alpha value is -0.230. The summed E-state index contributed by atoms with van der Waals surface area (Å²) in [6.45, 7) is 4.82. The van der Waals surface area contributed by atoms with E-state index < -0.39 is 11.1 Å². The van der Waals surface area contributed by atoms with E-state index in [1.165, 1.54) is 37.7 Å². The van der Waals surface area contributed by atoms with Gasteiger partial charge in [0.25, 0.3) is 0 Å². The topological polar surface area (TPSA) is 49.3 Å². The van der Waals surface area contributed by atoms with Crippen molar-refractivity contribution in [2.24, 2.45) is 0 Å². The minimum Gasteiger partial charge on any atom is -0.311 e. The summed E-state index contributed by atoms with van der Waals surface area (Å²) >= 11 is 1.81. The second-order valence-electron chi connectivity index (χ2n) is 5.95. The van der Waals surface area contributed by atoms with Gasteiger partial charge >= 0.3 is 0 Å². The second-order valence-corrected chi connectivity index (χ2v) is 7.92. The fraction of sp³-hybridized carbons (Fsp3) is 0.667. The van der Waals surface area contributed by atoms with Gasteiger partial charge < -0.3 is 9.87 Å². The van der Waals surface area contributed by atoms with Crippen LogP contribution in [0, 0.1) is 0 Å². The van der Waals surface area contributed by atoms with E-state index in [1.807, 2.05) is 13.8 Å². The number of benzene rings is 1. The average molecular weight is 404 g/mol. The lowest BCUT2D eigenvalue weighted by Gasteiger charge is -2.39. The summed E-state index contributed by atoms with van der Waals surface area (Å²) in [5.74, 6) is 0.362. The maximum absolute atomic E-state index is 10.7. The van der Waals surface area contributed by atoms with Crippen molar-refractivity contribution < 1.29 is 8.76 Å². The molecule has 0 aliphatic heterocycles. The molecule has 2 rings (SSSR count). The first-order valence-corrected chi connectivity index (χ1v) is 10.7. The van der Waals surface area contributed by atoms with Gasteiger partial charge in [-0.2, -0.15) is 0 Å². The monoisotopic (exact) mass is 403 g/mol. The lowest BCUT2D eigenvalue weighted by Crippen LogP contribution is -2.49. The number of hydrogen-bond donors (Lipinski definition) is 2. The Morgan fingerprint density at radius 2 is 1.78 bits per heavy atom. The van der Waals surface area contributed by atoms with Gasteiger partial charge in [0.15, 0.2) is 11.1 Å². The summed E-state index contributed by atoms with van der Waals surface area (Å²) in [5, 5.41) is 3.70. The van der Waals surface area contributed by atoms with Crippen LogP contribution in [0.3, 0.4) is 0 Å². The summed E-state index contributed by atoms with van der Waals surface area (Å²) < 4.78 is 20.7. The molecule has 3 nitrogen and oxygen atoms in total. The Morgan fingerprint density at radius 3 is 2.35 bits per heavy atom. The van der Waals surface area contributed by atoms with Gasteiger partial charge in [-0.15, -0.1) is 0 Å². The standard InChI is InChI=1S/C16H24BrNO2S.C2H6/c17-15-7-5-14(6-8-15)13-16(9-2-1-3-10-16)18-11-4-12-21(19)20;1-2/h5-8,18H,1-4,9-13H2,(H,19,20);1-2H3. The van der Waals surface area contributed by atoms with E-state index in [0.29, 0.717) is 5.75 Å². The molecule has 0 bridgehead atoms. The maximum atomic E-state index is 10.7. The maximum Gasteiger partial charge on any atom is 0.152 e. The Morgan fingerprint density at radius 1 is 1.17 bits per heavy atom. The smallest absolute Gasteiger partial charge is 0.152 e. The van der Waals surface area contributed by atoms with Gasteiger partial charge in [0, 0.05) is 10.0 Å². The summed E-state index contributed by atoms with van der Waals surface area (Å²) in [6.07, 6.45) is 8.07. The SMILES string of the molecule is CC.O=S(O)CCCNC1(Cc2ccc(Br)cc2)CCCCC1. The Balaban J connectivity index is 0.00000127. The lowest BCUT2D eigenvalue weighted by atomic mass is 9.77. The molecule has 0 saturated heterocycles. The molecule has 23 heavy (non-hydrogen) atoms. The van der Waals surface area contributed by atoms with Gasteiger partial charge in [-0.1, -0.05) is 61.2 Å². The summed E-state index contributed by atoms with van der Waals surface area (Å²) in [7, 11) is 0. The molecule has 0 aromatic heterocycles. The number of nitrogens with one attached hydrogen (secondary N) is 1. The molecule has 1 aromatic carbocycles. The summed E-state index contributed by atoms with van der Waals surface area (Å²) in [5.41, 5.74) is 1.53. The molecule has 0 amide bonds. The van der Waals surface area contributed by atoms with Crippen molar-refractivity contribution in [1.82, 2.24) is 5.32 Å². The normalized spacial score (nSPS) is 17.9. The molecule has 1 atom stereocenters. The van der Waals surface area contributed by atoms with Gasteiger partial charge in [0.1, 0.15) is 0 Å². The first kappa shape index (κ1) is 20.8. The molecule has 1 aromatic rings. The van der Waals surface area contributed by atoms with E-state index >= 15 is 0 Å². The van der Waals surface area contributed by atoms with Crippen molar-refractivity contribution in [3.05, 3.63) is 34.3 Å². The van der Waals surface area contributed by atoms with Crippen molar-refractivity contribution in [2.75, 3.05) is 12.3 Å². The van der Waals surface area contributed by atoms with E-state index in [9.17, 15) is 4.21 Å². The zero-order valence-corrected chi connectivity index (χ0v) is 16.7.